The Kier molecular flexibility index (Phi) is 5.13. The van der Waals surface area contributed by atoms with Gasteiger partial charge >= 0.3 is 16.4 Å². The van der Waals surface area contributed by atoms with Crippen LogP contribution in [0, 0.1) is 0 Å². The van der Waals surface area contributed by atoms with Gasteiger partial charge in [-0.15, -0.1) is 4.28 Å². The van der Waals surface area contributed by atoms with E-state index in [0.29, 0.717) is 30.9 Å². The molecule has 0 aromatic rings. The monoisotopic (exact) mass is 380 g/mol. The average Bonchev–Trinajstić information content (AvgIpc) is 3.04. The van der Waals surface area contributed by atoms with Crippen molar-refractivity contribution < 1.29 is 36.8 Å². The molecular formula is C12H20N4O8S. The molecule has 142 valence electrons. The minimum absolute atomic E-state index is 0.0712. The first-order chi connectivity index (χ1) is 11.7. The Bertz CT molecular complexity index is 643. The predicted molar refractivity (Wildman–Crippen MR) is 79.9 cm³/mol. The molecule has 3 amide bonds. The number of hydroxylamine groups is 3. The maximum absolute atomic E-state index is 12.2. The van der Waals surface area contributed by atoms with E-state index >= 15 is 0 Å². The lowest BCUT2D eigenvalue weighted by atomic mass is 10.0. The fraction of sp³-hybridized carbons (Fsp3) is 0.833. The van der Waals surface area contributed by atoms with Crippen molar-refractivity contribution in [2.75, 3.05) is 19.7 Å². The van der Waals surface area contributed by atoms with E-state index in [0.717, 1.165) is 0 Å². The molecule has 13 heteroatoms. The maximum atomic E-state index is 12.2. The number of aliphatic hydroxyl groups is 1. The molecule has 3 saturated heterocycles. The van der Waals surface area contributed by atoms with Crippen molar-refractivity contribution in [2.45, 2.75) is 43.5 Å². The van der Waals surface area contributed by atoms with Crippen LogP contribution in [0.2, 0.25) is 0 Å². The van der Waals surface area contributed by atoms with Crippen molar-refractivity contribution >= 4 is 22.3 Å². The number of nitrogens with one attached hydrogen (secondary N) is 2. The van der Waals surface area contributed by atoms with E-state index in [1.807, 2.05) is 0 Å². The van der Waals surface area contributed by atoms with Crippen LogP contribution in [0.1, 0.15) is 19.3 Å². The molecule has 3 rings (SSSR count). The SMILES string of the molecule is O=C(NOCC1CC(O)CN1)C1CCC2CN1C(=O)N2OS(=O)(=O)O. The van der Waals surface area contributed by atoms with Crippen LogP contribution < -0.4 is 10.8 Å². The van der Waals surface area contributed by atoms with E-state index in [9.17, 15) is 23.1 Å². The van der Waals surface area contributed by atoms with Crippen LogP contribution in [-0.4, -0.2) is 83.9 Å². The van der Waals surface area contributed by atoms with E-state index in [1.165, 1.54) is 4.90 Å². The lowest BCUT2D eigenvalue weighted by Gasteiger charge is -2.29. The summed E-state index contributed by atoms with van der Waals surface area (Å²) >= 11 is 0. The topological polar surface area (TPSA) is 158 Å². The van der Waals surface area contributed by atoms with Gasteiger partial charge in [0.15, 0.2) is 0 Å². The summed E-state index contributed by atoms with van der Waals surface area (Å²) in [4.78, 5) is 30.7. The van der Waals surface area contributed by atoms with Crippen LogP contribution in [0.5, 0.6) is 0 Å². The highest BCUT2D eigenvalue weighted by Crippen LogP contribution is 2.30. The number of urea groups is 1. The second kappa shape index (κ2) is 7.01. The molecule has 4 atom stereocenters. The molecule has 0 aliphatic carbocycles. The molecule has 0 saturated carbocycles. The number of rotatable bonds is 6. The second-order valence-electron chi connectivity index (χ2n) is 6.28. The summed E-state index contributed by atoms with van der Waals surface area (Å²) in [5.41, 5.74) is 2.28. The first-order valence-electron chi connectivity index (χ1n) is 7.84. The summed E-state index contributed by atoms with van der Waals surface area (Å²) in [5.74, 6) is -0.529. The Balaban J connectivity index is 1.52. The second-order valence-corrected chi connectivity index (χ2v) is 7.29. The molecule has 0 aromatic heterocycles. The molecule has 0 radical (unpaired) electrons. The number of hydrogen-bond donors (Lipinski definition) is 4. The number of fused-ring (bicyclic) bond motifs is 2. The summed E-state index contributed by atoms with van der Waals surface area (Å²) in [5, 5.41) is 13.0. The highest BCUT2D eigenvalue weighted by atomic mass is 32.3. The van der Waals surface area contributed by atoms with Gasteiger partial charge in [-0.25, -0.2) is 10.3 Å². The summed E-state index contributed by atoms with van der Waals surface area (Å²) in [7, 11) is -4.82. The predicted octanol–water partition coefficient (Wildman–Crippen LogP) is -2.24. The van der Waals surface area contributed by atoms with Gasteiger partial charge in [0.05, 0.1) is 18.8 Å². The van der Waals surface area contributed by atoms with Crippen LogP contribution in [0.15, 0.2) is 0 Å². The number of hydrogen-bond acceptors (Lipinski definition) is 8. The van der Waals surface area contributed by atoms with Crippen molar-refractivity contribution in [3.05, 3.63) is 0 Å². The zero-order valence-electron chi connectivity index (χ0n) is 13.2. The molecule has 3 aliphatic heterocycles. The highest BCUT2D eigenvalue weighted by Gasteiger charge is 2.49. The van der Waals surface area contributed by atoms with Gasteiger partial charge < -0.3 is 15.3 Å². The molecule has 0 aromatic carbocycles. The van der Waals surface area contributed by atoms with Gasteiger partial charge in [0.1, 0.15) is 6.04 Å². The Morgan fingerprint density at radius 3 is 2.80 bits per heavy atom. The number of β-amino-alcohol motifs (C(OH)–C–C–N with tert-alkyl or cyclic N) is 1. The molecule has 3 fully saturated rings. The maximum Gasteiger partial charge on any atom is 0.418 e. The normalized spacial score (nSPS) is 32.3. The third-order valence-corrected chi connectivity index (χ3v) is 4.81. The fourth-order valence-electron chi connectivity index (χ4n) is 3.31. The molecule has 4 unspecified atom stereocenters. The summed E-state index contributed by atoms with van der Waals surface area (Å²) < 4.78 is 34.7. The van der Waals surface area contributed by atoms with Crippen LogP contribution in [0.25, 0.3) is 0 Å². The van der Waals surface area contributed by atoms with E-state index in [4.69, 9.17) is 9.39 Å². The molecule has 25 heavy (non-hydrogen) atoms. The Labute approximate surface area is 143 Å². The number of piperidine rings is 1. The van der Waals surface area contributed by atoms with Gasteiger partial charge in [0.25, 0.3) is 5.91 Å². The Hall–Kier alpha value is -1.51. The van der Waals surface area contributed by atoms with Crippen molar-refractivity contribution in [3.8, 4) is 0 Å². The van der Waals surface area contributed by atoms with E-state index in [2.05, 4.69) is 15.1 Å². The number of carbonyl (C=O) groups excluding carboxylic acids is 2. The minimum Gasteiger partial charge on any atom is -0.392 e. The van der Waals surface area contributed by atoms with Gasteiger partial charge in [-0.1, -0.05) is 0 Å². The third kappa shape index (κ3) is 4.19. The minimum atomic E-state index is -4.82. The lowest BCUT2D eigenvalue weighted by Crippen LogP contribution is -2.50. The van der Waals surface area contributed by atoms with Crippen LogP contribution in [0.4, 0.5) is 4.79 Å². The zero-order chi connectivity index (χ0) is 18.2. The number of amides is 3. The third-order valence-electron chi connectivity index (χ3n) is 4.46. The first kappa shape index (κ1) is 18.3. The van der Waals surface area contributed by atoms with Crippen molar-refractivity contribution in [1.82, 2.24) is 20.8 Å². The lowest BCUT2D eigenvalue weighted by molar-refractivity contribution is -0.139. The molecule has 12 nitrogen and oxygen atoms in total. The van der Waals surface area contributed by atoms with Gasteiger partial charge in [0.2, 0.25) is 0 Å². The number of carbonyl (C=O) groups is 2. The molecular weight excluding hydrogens is 360 g/mol. The van der Waals surface area contributed by atoms with Crippen molar-refractivity contribution in [2.24, 2.45) is 0 Å². The first-order valence-corrected chi connectivity index (χ1v) is 9.21. The Morgan fingerprint density at radius 2 is 2.16 bits per heavy atom. The van der Waals surface area contributed by atoms with Gasteiger partial charge in [-0.2, -0.15) is 13.5 Å². The summed E-state index contributed by atoms with van der Waals surface area (Å²) in [6.07, 6.45) is 0.729. The highest BCUT2D eigenvalue weighted by molar-refractivity contribution is 7.80. The fourth-order valence-corrected chi connectivity index (χ4v) is 3.70. The van der Waals surface area contributed by atoms with E-state index < -0.39 is 40.5 Å². The largest absolute Gasteiger partial charge is 0.418 e. The number of aliphatic hydroxyl groups excluding tert-OH is 1. The summed E-state index contributed by atoms with van der Waals surface area (Å²) in [6, 6.07) is -2.25. The van der Waals surface area contributed by atoms with E-state index in [1.54, 1.807) is 0 Å². The van der Waals surface area contributed by atoms with Crippen LogP contribution in [0.3, 0.4) is 0 Å². The van der Waals surface area contributed by atoms with Crippen LogP contribution in [-0.2, 0) is 24.3 Å². The molecule has 3 aliphatic rings. The molecule has 3 heterocycles. The Morgan fingerprint density at radius 1 is 1.40 bits per heavy atom. The summed E-state index contributed by atoms with van der Waals surface area (Å²) in [6.45, 7) is 0.755. The molecule has 4 N–H and O–H groups in total. The average molecular weight is 380 g/mol. The smallest absolute Gasteiger partial charge is 0.392 e. The molecule has 2 bridgehead atoms. The van der Waals surface area contributed by atoms with Gasteiger partial charge in [-0.05, 0) is 19.3 Å². The van der Waals surface area contributed by atoms with E-state index in [-0.39, 0.29) is 19.2 Å². The molecule has 0 spiro atoms. The van der Waals surface area contributed by atoms with Crippen molar-refractivity contribution in [3.63, 3.8) is 0 Å². The quantitative estimate of drug-likeness (QED) is 0.295. The van der Waals surface area contributed by atoms with Gasteiger partial charge in [0, 0.05) is 19.1 Å². The number of nitrogens with zero attached hydrogens (tertiary/aromatic N) is 2. The van der Waals surface area contributed by atoms with Crippen LogP contribution >= 0.6 is 0 Å². The van der Waals surface area contributed by atoms with Crippen molar-refractivity contribution in [1.29, 1.82) is 0 Å². The van der Waals surface area contributed by atoms with Gasteiger partial charge in [-0.3, -0.25) is 14.2 Å². The standard InChI is InChI=1S/C12H20N4O8S/c17-9-3-7(13-4-9)6-23-14-11(18)10-2-1-8-5-15(10)12(19)16(8)24-25(20,21)22/h7-10,13,17H,1-6H2,(H,14,18)(H,20,21,22). The zero-order valence-corrected chi connectivity index (χ0v) is 14.0.